The van der Waals surface area contributed by atoms with E-state index in [1.165, 1.54) is 19.3 Å². The third kappa shape index (κ3) is 3.14. The zero-order valence-electron chi connectivity index (χ0n) is 14.6. The number of carbonyl (C=O) groups excluding carboxylic acids is 1. The van der Waals surface area contributed by atoms with Crippen LogP contribution in [0.5, 0.6) is 0 Å². The van der Waals surface area contributed by atoms with Gasteiger partial charge in [-0.25, -0.2) is 0 Å². The highest BCUT2D eigenvalue weighted by atomic mass is 16.8. The van der Waals surface area contributed by atoms with Crippen LogP contribution in [-0.4, -0.2) is 28.0 Å². The quantitative estimate of drug-likeness (QED) is 0.494. The summed E-state index contributed by atoms with van der Waals surface area (Å²) in [5.74, 6) is 0.0892. The van der Waals surface area contributed by atoms with E-state index in [0.29, 0.717) is 11.6 Å². The van der Waals surface area contributed by atoms with Crippen molar-refractivity contribution in [1.82, 2.24) is 4.90 Å². The van der Waals surface area contributed by atoms with E-state index in [1.807, 2.05) is 42.5 Å². The van der Waals surface area contributed by atoms with E-state index in [9.17, 15) is 15.2 Å². The molecule has 1 heterocycles. The van der Waals surface area contributed by atoms with Crippen molar-refractivity contribution in [1.29, 1.82) is 0 Å². The summed E-state index contributed by atoms with van der Waals surface area (Å²) in [5.41, 5.74) is 1.65. The van der Waals surface area contributed by atoms with E-state index in [0.717, 1.165) is 18.4 Å². The largest absolute Gasteiger partial charge is 0.733 e. The molecular weight excluding hydrogens is 328 g/mol. The summed E-state index contributed by atoms with van der Waals surface area (Å²) in [6.45, 7) is 0. The average Bonchev–Trinajstić information content (AvgIpc) is 3.44. The van der Waals surface area contributed by atoms with Crippen LogP contribution in [0.3, 0.4) is 0 Å². The van der Waals surface area contributed by atoms with Crippen LogP contribution in [0.1, 0.15) is 54.1 Å². The molecule has 5 heteroatoms. The van der Waals surface area contributed by atoms with Crippen molar-refractivity contribution < 1.29 is 10.0 Å². The lowest BCUT2D eigenvalue weighted by Crippen LogP contribution is -2.26. The lowest BCUT2D eigenvalue weighted by atomic mass is 9.95. The molecule has 1 aliphatic carbocycles. The number of nitrogens with zero attached hydrogens (tertiary/aromatic N) is 2. The minimum absolute atomic E-state index is 0.0866. The maximum atomic E-state index is 13.1. The van der Waals surface area contributed by atoms with Crippen molar-refractivity contribution in [3.63, 3.8) is 0 Å². The molecule has 1 aliphatic heterocycles. The molecule has 1 N–H and O–H groups in total. The standard InChI is InChI=1S/C21H23N2O3/c24-21(15-9-3-1-4-10-15)20-19(22(20)16-11-5-2-6-12-16)17-13-7-8-14-18(17)23(25)26/h1,3-4,7-10,13-14,16,19-20,25H,2,5-6,11-12H2/q-1. The summed E-state index contributed by atoms with van der Waals surface area (Å²) in [6.07, 6.45) is 5.76. The van der Waals surface area contributed by atoms with Crippen molar-refractivity contribution in [2.75, 3.05) is 5.23 Å². The summed E-state index contributed by atoms with van der Waals surface area (Å²) in [4.78, 5) is 15.4. The molecular formula is C21H23N2O3-. The Kier molecular flexibility index (Phi) is 4.76. The monoisotopic (exact) mass is 351 g/mol. The number of hydrogen-bond acceptors (Lipinski definition) is 5. The number of anilines is 1. The Balaban J connectivity index is 1.68. The van der Waals surface area contributed by atoms with Gasteiger partial charge in [0.05, 0.1) is 17.8 Å². The summed E-state index contributed by atoms with van der Waals surface area (Å²) >= 11 is 0. The number of benzene rings is 2. The van der Waals surface area contributed by atoms with Crippen LogP contribution < -0.4 is 5.23 Å². The normalized spacial score (nSPS) is 25.7. The Bertz CT molecular complexity index is 772. The second kappa shape index (κ2) is 7.19. The van der Waals surface area contributed by atoms with E-state index in [2.05, 4.69) is 4.90 Å². The van der Waals surface area contributed by atoms with E-state index < -0.39 is 0 Å². The van der Waals surface area contributed by atoms with Gasteiger partial charge in [0.25, 0.3) is 0 Å². The predicted octanol–water partition coefficient (Wildman–Crippen LogP) is 4.32. The van der Waals surface area contributed by atoms with Gasteiger partial charge in [0, 0.05) is 11.6 Å². The van der Waals surface area contributed by atoms with Gasteiger partial charge in [0.1, 0.15) is 0 Å². The first-order valence-corrected chi connectivity index (χ1v) is 9.30. The fourth-order valence-corrected chi connectivity index (χ4v) is 4.38. The molecule has 2 fully saturated rings. The zero-order valence-corrected chi connectivity index (χ0v) is 14.6. The number of Topliss-reactive ketones (excluding diaryl/α,β-unsaturated/α-hetero) is 1. The second-order valence-electron chi connectivity index (χ2n) is 7.19. The van der Waals surface area contributed by atoms with Gasteiger partial charge >= 0.3 is 0 Å². The van der Waals surface area contributed by atoms with Gasteiger partial charge in [0.15, 0.2) is 5.78 Å². The van der Waals surface area contributed by atoms with Gasteiger partial charge in [-0.05, 0) is 24.5 Å². The van der Waals surface area contributed by atoms with Crippen molar-refractivity contribution in [2.24, 2.45) is 0 Å². The summed E-state index contributed by atoms with van der Waals surface area (Å²) in [5, 5.41) is 21.0. The fourth-order valence-electron chi connectivity index (χ4n) is 4.38. The molecule has 0 radical (unpaired) electrons. The lowest BCUT2D eigenvalue weighted by Gasteiger charge is -2.26. The molecule has 26 heavy (non-hydrogen) atoms. The summed E-state index contributed by atoms with van der Waals surface area (Å²) < 4.78 is 0. The van der Waals surface area contributed by atoms with E-state index in [4.69, 9.17) is 0 Å². The van der Waals surface area contributed by atoms with Crippen LogP contribution in [0.15, 0.2) is 54.6 Å². The van der Waals surface area contributed by atoms with E-state index in [1.54, 1.807) is 12.1 Å². The van der Waals surface area contributed by atoms with E-state index >= 15 is 0 Å². The van der Waals surface area contributed by atoms with Gasteiger partial charge in [-0.3, -0.25) is 14.9 Å². The predicted molar refractivity (Wildman–Crippen MR) is 100 cm³/mol. The zero-order chi connectivity index (χ0) is 18.1. The number of para-hydroxylation sites is 1. The van der Waals surface area contributed by atoms with Gasteiger partial charge in [0.2, 0.25) is 0 Å². The molecule has 0 aromatic heterocycles. The molecule has 5 nitrogen and oxygen atoms in total. The summed E-state index contributed by atoms with van der Waals surface area (Å²) in [7, 11) is 0. The van der Waals surface area contributed by atoms with Crippen LogP contribution in [0.2, 0.25) is 0 Å². The highest BCUT2D eigenvalue weighted by molar-refractivity contribution is 6.03. The molecule has 2 aromatic carbocycles. The molecule has 0 spiro atoms. The third-order valence-electron chi connectivity index (χ3n) is 5.64. The Morgan fingerprint density at radius 3 is 2.35 bits per heavy atom. The van der Waals surface area contributed by atoms with Crippen LogP contribution in [0.4, 0.5) is 5.69 Å². The highest BCUT2D eigenvalue weighted by Crippen LogP contribution is 2.51. The van der Waals surface area contributed by atoms with Crippen molar-refractivity contribution in [2.45, 2.75) is 50.2 Å². The van der Waals surface area contributed by atoms with Crippen LogP contribution >= 0.6 is 0 Å². The van der Waals surface area contributed by atoms with Crippen molar-refractivity contribution in [3.05, 3.63) is 70.9 Å². The second-order valence-corrected chi connectivity index (χ2v) is 7.19. The first-order chi connectivity index (χ1) is 12.7. The Morgan fingerprint density at radius 2 is 1.65 bits per heavy atom. The molecule has 3 unspecified atom stereocenters. The lowest BCUT2D eigenvalue weighted by molar-refractivity contribution is 0.0963. The first kappa shape index (κ1) is 17.2. The molecule has 3 atom stereocenters. The summed E-state index contributed by atoms with van der Waals surface area (Å²) in [6, 6.07) is 16.3. The Morgan fingerprint density at radius 1 is 1.00 bits per heavy atom. The fraction of sp³-hybridized carbons (Fsp3) is 0.381. The average molecular weight is 351 g/mol. The smallest absolute Gasteiger partial charge is 0.181 e. The van der Waals surface area contributed by atoms with Crippen LogP contribution in [0, 0.1) is 5.21 Å². The Hall–Kier alpha value is -2.21. The van der Waals surface area contributed by atoms with Crippen LogP contribution in [0.25, 0.3) is 0 Å². The van der Waals surface area contributed by atoms with Gasteiger partial charge in [-0.2, -0.15) is 0 Å². The minimum atomic E-state index is -0.262. The van der Waals surface area contributed by atoms with Gasteiger partial charge < -0.3 is 10.4 Å². The number of ketones is 1. The van der Waals surface area contributed by atoms with Crippen molar-refractivity contribution in [3.8, 4) is 0 Å². The molecule has 1 saturated carbocycles. The number of hydrogen-bond donors (Lipinski definition) is 1. The number of carbonyl (C=O) groups is 1. The van der Waals surface area contributed by atoms with Gasteiger partial charge in [-0.15, -0.1) is 0 Å². The third-order valence-corrected chi connectivity index (χ3v) is 5.64. The molecule has 4 rings (SSSR count). The SMILES string of the molecule is O=C(c1ccccc1)C1C(c2ccccc2N([O-])O)N1C1CCCCC1. The highest BCUT2D eigenvalue weighted by Gasteiger charge is 2.56. The molecule has 136 valence electrons. The van der Waals surface area contributed by atoms with Gasteiger partial charge in [-0.1, -0.05) is 67.8 Å². The molecule has 2 aromatic rings. The minimum Gasteiger partial charge on any atom is -0.733 e. The molecule has 0 bridgehead atoms. The topological polar surface area (TPSA) is 66.6 Å². The first-order valence-electron chi connectivity index (χ1n) is 9.30. The maximum absolute atomic E-state index is 13.1. The van der Waals surface area contributed by atoms with Crippen molar-refractivity contribution >= 4 is 11.5 Å². The maximum Gasteiger partial charge on any atom is 0.181 e. The Labute approximate surface area is 153 Å². The molecule has 0 amide bonds. The van der Waals surface area contributed by atoms with E-state index in [-0.39, 0.29) is 28.8 Å². The molecule has 1 saturated heterocycles. The molecule has 2 aliphatic rings. The van der Waals surface area contributed by atoms with Crippen LogP contribution in [-0.2, 0) is 0 Å². The number of rotatable bonds is 5.